The number of hydrogen-bond acceptors (Lipinski definition) is 2. The minimum absolute atomic E-state index is 0.245. The van der Waals surface area contributed by atoms with Gasteiger partial charge in [-0.3, -0.25) is 9.59 Å². The van der Waals surface area contributed by atoms with Gasteiger partial charge in [0.05, 0.1) is 13.0 Å². The van der Waals surface area contributed by atoms with Gasteiger partial charge >= 0.3 is 5.97 Å². The summed E-state index contributed by atoms with van der Waals surface area (Å²) in [5, 5.41) is 9.79. The van der Waals surface area contributed by atoms with Crippen LogP contribution in [0.25, 0.3) is 15.7 Å². The molecular weight excluding hydrogens is 256 g/mol. The average Bonchev–Trinajstić information content (AvgIpc) is 3.23. The molecule has 0 spiro atoms. The third kappa shape index (κ3) is 2.05. The fourth-order valence-electron chi connectivity index (χ4n) is 2.58. The third-order valence-corrected chi connectivity index (χ3v) is 3.58. The van der Waals surface area contributed by atoms with E-state index in [1.54, 1.807) is 18.2 Å². The number of carboxylic acid groups (broad SMARTS) is 1. The molecule has 0 radical (unpaired) electrons. The van der Waals surface area contributed by atoms with Crippen molar-refractivity contribution in [3.63, 3.8) is 0 Å². The molecule has 0 aliphatic heterocycles. The van der Waals surface area contributed by atoms with Crippen molar-refractivity contribution in [1.29, 1.82) is 0 Å². The first-order valence-electron chi connectivity index (χ1n) is 6.38. The third-order valence-electron chi connectivity index (χ3n) is 3.58. The zero-order valence-electron chi connectivity index (χ0n) is 10.6. The average molecular weight is 268 g/mol. The standard InChI is InChI=1S/C15H12N2O3/c1-16-9-4-5-12-10(6-9)14(8-2-3-8)11(7-13(18)19)15(20)17-12/h4-6,8H,2-3,7H2,(H,17,20)(H,18,19). The molecule has 1 saturated carbocycles. The van der Waals surface area contributed by atoms with Crippen molar-refractivity contribution in [2.45, 2.75) is 25.2 Å². The van der Waals surface area contributed by atoms with Crippen molar-refractivity contribution >= 4 is 22.6 Å². The largest absolute Gasteiger partial charge is 0.481 e. The van der Waals surface area contributed by atoms with E-state index < -0.39 is 5.97 Å². The number of carbonyl (C=O) groups is 1. The SMILES string of the molecule is [C-]#[N+]c1ccc2[nH]c(=O)c(CC(=O)O)c(C3CC3)c2c1. The first kappa shape index (κ1) is 12.4. The van der Waals surface area contributed by atoms with Crippen LogP contribution >= 0.6 is 0 Å². The van der Waals surface area contributed by atoms with Gasteiger partial charge in [0.25, 0.3) is 5.56 Å². The molecule has 100 valence electrons. The van der Waals surface area contributed by atoms with Crippen LogP contribution in [0.2, 0.25) is 0 Å². The molecule has 20 heavy (non-hydrogen) atoms. The molecule has 0 atom stereocenters. The fraction of sp³-hybridized carbons (Fsp3) is 0.267. The maximum absolute atomic E-state index is 12.1. The van der Waals surface area contributed by atoms with Gasteiger partial charge in [-0.25, -0.2) is 4.85 Å². The summed E-state index contributed by atoms with van der Waals surface area (Å²) in [4.78, 5) is 29.2. The fourth-order valence-corrected chi connectivity index (χ4v) is 2.58. The molecular formula is C15H12N2O3. The van der Waals surface area contributed by atoms with E-state index >= 15 is 0 Å². The molecule has 0 saturated heterocycles. The highest BCUT2D eigenvalue weighted by Gasteiger charge is 2.30. The summed E-state index contributed by atoms with van der Waals surface area (Å²) in [5.74, 6) is -0.770. The number of rotatable bonds is 3. The molecule has 2 aromatic rings. The highest BCUT2D eigenvalue weighted by molar-refractivity contribution is 5.88. The van der Waals surface area contributed by atoms with Gasteiger partial charge in [0, 0.05) is 11.1 Å². The molecule has 0 amide bonds. The lowest BCUT2D eigenvalue weighted by atomic mass is 9.97. The van der Waals surface area contributed by atoms with Crippen LogP contribution in [0.3, 0.4) is 0 Å². The van der Waals surface area contributed by atoms with Gasteiger partial charge < -0.3 is 10.1 Å². The molecule has 0 bridgehead atoms. The Morgan fingerprint density at radius 3 is 2.80 bits per heavy atom. The summed E-state index contributed by atoms with van der Waals surface area (Å²) in [6.07, 6.45) is 1.65. The number of aliphatic carboxylic acids is 1. The number of fused-ring (bicyclic) bond motifs is 1. The zero-order valence-corrected chi connectivity index (χ0v) is 10.6. The number of H-pyrrole nitrogens is 1. The van der Waals surface area contributed by atoms with E-state index in [1.165, 1.54) is 0 Å². The zero-order chi connectivity index (χ0) is 14.3. The Labute approximate surface area is 114 Å². The van der Waals surface area contributed by atoms with Gasteiger partial charge in [-0.2, -0.15) is 0 Å². The van der Waals surface area contributed by atoms with Crippen molar-refractivity contribution in [2.24, 2.45) is 0 Å². The molecule has 3 rings (SSSR count). The number of aromatic nitrogens is 1. The Morgan fingerprint density at radius 2 is 2.20 bits per heavy atom. The van der Waals surface area contributed by atoms with Crippen LogP contribution in [-0.2, 0) is 11.2 Å². The number of aromatic amines is 1. The lowest BCUT2D eigenvalue weighted by Gasteiger charge is -2.11. The monoisotopic (exact) mass is 268 g/mol. The summed E-state index contributed by atoms with van der Waals surface area (Å²) in [6, 6.07) is 5.09. The van der Waals surface area contributed by atoms with Crippen LogP contribution in [-0.4, -0.2) is 16.1 Å². The smallest absolute Gasteiger partial charge is 0.308 e. The summed E-state index contributed by atoms with van der Waals surface area (Å²) >= 11 is 0. The first-order valence-corrected chi connectivity index (χ1v) is 6.38. The number of benzene rings is 1. The van der Waals surface area contributed by atoms with Gasteiger partial charge in [0.1, 0.15) is 0 Å². The molecule has 2 N–H and O–H groups in total. The van der Waals surface area contributed by atoms with Gasteiger partial charge in [-0.15, -0.1) is 0 Å². The quantitative estimate of drug-likeness (QED) is 0.840. The van der Waals surface area contributed by atoms with Gasteiger partial charge in [-0.1, -0.05) is 6.07 Å². The molecule has 5 nitrogen and oxygen atoms in total. The topological polar surface area (TPSA) is 74.5 Å². The first-order chi connectivity index (χ1) is 9.60. The Morgan fingerprint density at radius 1 is 1.45 bits per heavy atom. The Hall–Kier alpha value is -2.61. The maximum atomic E-state index is 12.1. The summed E-state index contributed by atoms with van der Waals surface area (Å²) < 4.78 is 0. The molecule has 1 heterocycles. The Kier molecular flexibility index (Phi) is 2.79. The second-order valence-corrected chi connectivity index (χ2v) is 5.03. The highest BCUT2D eigenvalue weighted by atomic mass is 16.4. The van der Waals surface area contributed by atoms with Crippen molar-refractivity contribution in [3.8, 4) is 0 Å². The number of nitrogens with zero attached hydrogens (tertiary/aromatic N) is 1. The second kappa shape index (κ2) is 4.49. The maximum Gasteiger partial charge on any atom is 0.308 e. The van der Waals surface area contributed by atoms with Gasteiger partial charge in [0.2, 0.25) is 0 Å². The lowest BCUT2D eigenvalue weighted by molar-refractivity contribution is -0.136. The van der Waals surface area contributed by atoms with Crippen molar-refractivity contribution in [1.82, 2.24) is 4.98 Å². The molecule has 1 aliphatic carbocycles. The Balaban J connectivity index is 2.35. The molecule has 0 unspecified atom stereocenters. The normalized spacial score (nSPS) is 14.2. The van der Waals surface area contributed by atoms with Gasteiger partial charge in [0.15, 0.2) is 5.69 Å². The number of carboxylic acids is 1. The van der Waals surface area contributed by atoms with Crippen molar-refractivity contribution in [3.05, 3.63) is 51.1 Å². The van der Waals surface area contributed by atoms with E-state index in [0.29, 0.717) is 16.8 Å². The number of nitrogens with one attached hydrogen (secondary N) is 1. The molecule has 1 aromatic heterocycles. The van der Waals surface area contributed by atoms with Crippen molar-refractivity contribution < 1.29 is 9.90 Å². The summed E-state index contributed by atoms with van der Waals surface area (Å²) in [5.41, 5.74) is 1.97. The van der Waals surface area contributed by atoms with Crippen LogP contribution in [0.15, 0.2) is 23.0 Å². The molecule has 1 aromatic carbocycles. The van der Waals surface area contributed by atoms with Crippen LogP contribution in [0, 0.1) is 6.57 Å². The van der Waals surface area contributed by atoms with E-state index in [0.717, 1.165) is 23.8 Å². The van der Waals surface area contributed by atoms with Gasteiger partial charge in [-0.05, 0) is 41.8 Å². The van der Waals surface area contributed by atoms with E-state index in [4.69, 9.17) is 11.7 Å². The minimum Gasteiger partial charge on any atom is -0.481 e. The van der Waals surface area contributed by atoms with Crippen LogP contribution in [0.4, 0.5) is 5.69 Å². The minimum atomic E-state index is -1.02. The number of pyridine rings is 1. The summed E-state index contributed by atoms with van der Waals surface area (Å²) in [6.45, 7) is 7.08. The lowest BCUT2D eigenvalue weighted by Crippen LogP contribution is -2.19. The molecule has 1 aliphatic rings. The second-order valence-electron chi connectivity index (χ2n) is 5.03. The predicted molar refractivity (Wildman–Crippen MR) is 74.1 cm³/mol. The van der Waals surface area contributed by atoms with E-state index in [1.807, 2.05) is 0 Å². The summed E-state index contributed by atoms with van der Waals surface area (Å²) in [7, 11) is 0. The highest BCUT2D eigenvalue weighted by Crippen LogP contribution is 2.44. The Bertz CT molecular complexity index is 810. The van der Waals surface area contributed by atoms with Crippen LogP contribution < -0.4 is 5.56 Å². The number of hydrogen-bond donors (Lipinski definition) is 2. The van der Waals surface area contributed by atoms with E-state index in [9.17, 15) is 9.59 Å². The van der Waals surface area contributed by atoms with E-state index in [-0.39, 0.29) is 17.9 Å². The molecule has 1 fully saturated rings. The predicted octanol–water partition coefficient (Wildman–Crippen LogP) is 2.58. The van der Waals surface area contributed by atoms with Crippen molar-refractivity contribution in [2.75, 3.05) is 0 Å². The van der Waals surface area contributed by atoms with Crippen LogP contribution in [0.1, 0.15) is 29.9 Å². The van der Waals surface area contributed by atoms with E-state index in [2.05, 4.69) is 9.83 Å². The molecule has 5 heteroatoms. The van der Waals surface area contributed by atoms with Crippen LogP contribution in [0.5, 0.6) is 0 Å².